The lowest BCUT2D eigenvalue weighted by Gasteiger charge is -2.07. The van der Waals surface area contributed by atoms with Crippen molar-refractivity contribution >= 4 is 15.9 Å². The highest BCUT2D eigenvalue weighted by Gasteiger charge is 2.12. The van der Waals surface area contributed by atoms with Crippen LogP contribution >= 0.6 is 15.9 Å². The number of hydrogen-bond donors (Lipinski definition) is 1. The molecule has 1 atom stereocenters. The molecule has 2 rings (SSSR count). The van der Waals surface area contributed by atoms with Gasteiger partial charge in [-0.25, -0.2) is 0 Å². The smallest absolute Gasteiger partial charge is 0.169 e. The number of pyridine rings is 1. The second-order valence-electron chi connectivity index (χ2n) is 2.91. The highest BCUT2D eigenvalue weighted by atomic mass is 79.9. The number of nitrogens with zero attached hydrogens (tertiary/aromatic N) is 1. The highest BCUT2D eigenvalue weighted by Crippen LogP contribution is 2.23. The molecule has 0 fully saturated rings. The molecule has 0 spiro atoms. The van der Waals surface area contributed by atoms with Gasteiger partial charge in [0.05, 0.1) is 6.04 Å². The summed E-state index contributed by atoms with van der Waals surface area (Å²) in [6.07, 6.45) is 3.45. The first-order chi connectivity index (χ1) is 6.77. The van der Waals surface area contributed by atoms with Crippen molar-refractivity contribution in [1.29, 1.82) is 0 Å². The predicted octanol–water partition coefficient (Wildman–Crippen LogP) is 2.49. The minimum absolute atomic E-state index is 0.255. The summed E-state index contributed by atoms with van der Waals surface area (Å²) in [7, 11) is 0. The standard InChI is InChI=1S/C10H9BrN2O/c11-9-4-3-8(14-9)10(12)7-2-1-5-13-6-7/h1-6,10H,12H2. The minimum atomic E-state index is -0.255. The molecular weight excluding hydrogens is 244 g/mol. The second kappa shape index (κ2) is 3.94. The van der Waals surface area contributed by atoms with E-state index in [1.807, 2.05) is 24.3 Å². The molecule has 0 bridgehead atoms. The van der Waals surface area contributed by atoms with Gasteiger partial charge < -0.3 is 10.2 Å². The molecule has 2 heterocycles. The fourth-order valence-corrected chi connectivity index (χ4v) is 1.54. The molecule has 0 amide bonds. The third-order valence-corrected chi connectivity index (χ3v) is 2.37. The molecule has 0 aromatic carbocycles. The largest absolute Gasteiger partial charge is 0.452 e. The van der Waals surface area contributed by atoms with Crippen LogP contribution in [0.4, 0.5) is 0 Å². The maximum Gasteiger partial charge on any atom is 0.169 e. The van der Waals surface area contributed by atoms with Gasteiger partial charge in [0.1, 0.15) is 5.76 Å². The Balaban J connectivity index is 2.29. The summed E-state index contributed by atoms with van der Waals surface area (Å²) in [4.78, 5) is 4.00. The lowest BCUT2D eigenvalue weighted by molar-refractivity contribution is 0.470. The Morgan fingerprint density at radius 3 is 2.79 bits per heavy atom. The van der Waals surface area contributed by atoms with E-state index in [0.717, 1.165) is 11.3 Å². The fourth-order valence-electron chi connectivity index (χ4n) is 1.22. The van der Waals surface area contributed by atoms with Gasteiger partial charge in [0.2, 0.25) is 0 Å². The number of rotatable bonds is 2. The molecule has 0 saturated carbocycles. The van der Waals surface area contributed by atoms with Crippen molar-refractivity contribution in [2.24, 2.45) is 5.73 Å². The van der Waals surface area contributed by atoms with Gasteiger partial charge in [0.15, 0.2) is 4.67 Å². The van der Waals surface area contributed by atoms with Gasteiger partial charge in [-0.1, -0.05) is 6.07 Å². The average Bonchev–Trinajstić information content (AvgIpc) is 2.65. The van der Waals surface area contributed by atoms with Crippen molar-refractivity contribution in [3.05, 3.63) is 52.7 Å². The van der Waals surface area contributed by atoms with Gasteiger partial charge in [-0.2, -0.15) is 0 Å². The topological polar surface area (TPSA) is 52.0 Å². The second-order valence-corrected chi connectivity index (χ2v) is 3.69. The molecule has 0 aliphatic carbocycles. The van der Waals surface area contributed by atoms with Crippen LogP contribution in [0.3, 0.4) is 0 Å². The molecule has 1 unspecified atom stereocenters. The van der Waals surface area contributed by atoms with E-state index in [-0.39, 0.29) is 6.04 Å². The zero-order valence-electron chi connectivity index (χ0n) is 7.35. The third kappa shape index (κ3) is 1.86. The number of nitrogens with two attached hydrogens (primary N) is 1. The van der Waals surface area contributed by atoms with Crippen LogP contribution in [0.25, 0.3) is 0 Å². The zero-order valence-corrected chi connectivity index (χ0v) is 8.94. The lowest BCUT2D eigenvalue weighted by atomic mass is 10.1. The molecule has 2 aromatic rings. The average molecular weight is 253 g/mol. The number of furan rings is 1. The van der Waals surface area contributed by atoms with Crippen molar-refractivity contribution in [3.8, 4) is 0 Å². The van der Waals surface area contributed by atoms with Gasteiger partial charge in [-0.3, -0.25) is 4.98 Å². The summed E-state index contributed by atoms with van der Waals surface area (Å²) < 4.78 is 6.05. The first kappa shape index (κ1) is 9.43. The molecule has 72 valence electrons. The summed E-state index contributed by atoms with van der Waals surface area (Å²) >= 11 is 3.24. The summed E-state index contributed by atoms with van der Waals surface area (Å²) in [6, 6.07) is 7.20. The molecule has 3 nitrogen and oxygen atoms in total. The number of aromatic nitrogens is 1. The van der Waals surface area contributed by atoms with Crippen molar-refractivity contribution in [1.82, 2.24) is 4.98 Å². The van der Waals surface area contributed by atoms with Gasteiger partial charge in [0, 0.05) is 12.4 Å². The van der Waals surface area contributed by atoms with Crippen molar-refractivity contribution in [2.45, 2.75) is 6.04 Å². The number of hydrogen-bond acceptors (Lipinski definition) is 3. The lowest BCUT2D eigenvalue weighted by Crippen LogP contribution is -2.10. The van der Waals surface area contributed by atoms with Crippen LogP contribution in [-0.4, -0.2) is 4.98 Å². The Labute approximate surface area is 90.1 Å². The van der Waals surface area contributed by atoms with Gasteiger partial charge >= 0.3 is 0 Å². The predicted molar refractivity (Wildman–Crippen MR) is 56.7 cm³/mol. The Morgan fingerprint density at radius 1 is 1.36 bits per heavy atom. The molecule has 0 saturated heterocycles. The first-order valence-electron chi connectivity index (χ1n) is 4.18. The summed E-state index contributed by atoms with van der Waals surface area (Å²) in [5.74, 6) is 0.727. The Morgan fingerprint density at radius 2 is 2.21 bits per heavy atom. The van der Waals surface area contributed by atoms with Crippen molar-refractivity contribution in [3.63, 3.8) is 0 Å². The van der Waals surface area contributed by atoms with Crippen LogP contribution < -0.4 is 5.73 Å². The molecule has 0 aliphatic heterocycles. The van der Waals surface area contributed by atoms with Gasteiger partial charge in [-0.15, -0.1) is 0 Å². The highest BCUT2D eigenvalue weighted by molar-refractivity contribution is 9.10. The van der Waals surface area contributed by atoms with Crippen LogP contribution in [0.2, 0.25) is 0 Å². The molecule has 0 radical (unpaired) electrons. The quantitative estimate of drug-likeness (QED) is 0.894. The Hall–Kier alpha value is -1.13. The van der Waals surface area contributed by atoms with Crippen LogP contribution in [0.5, 0.6) is 0 Å². The van der Waals surface area contributed by atoms with Crippen LogP contribution in [0.15, 0.2) is 45.7 Å². The van der Waals surface area contributed by atoms with E-state index in [4.69, 9.17) is 10.2 Å². The van der Waals surface area contributed by atoms with Gasteiger partial charge in [0.25, 0.3) is 0 Å². The third-order valence-electron chi connectivity index (χ3n) is 1.94. The first-order valence-corrected chi connectivity index (χ1v) is 4.97. The fraction of sp³-hybridized carbons (Fsp3) is 0.100. The molecule has 2 aromatic heterocycles. The van der Waals surface area contributed by atoms with E-state index in [1.54, 1.807) is 12.4 Å². The van der Waals surface area contributed by atoms with E-state index in [2.05, 4.69) is 20.9 Å². The van der Waals surface area contributed by atoms with Gasteiger partial charge in [-0.05, 0) is 39.7 Å². The molecule has 4 heteroatoms. The SMILES string of the molecule is NC(c1cccnc1)c1ccc(Br)o1. The summed E-state index contributed by atoms with van der Waals surface area (Å²) in [6.45, 7) is 0. The minimum Gasteiger partial charge on any atom is -0.452 e. The normalized spacial score (nSPS) is 12.7. The Bertz CT molecular complexity index is 413. The van der Waals surface area contributed by atoms with Crippen molar-refractivity contribution in [2.75, 3.05) is 0 Å². The zero-order chi connectivity index (χ0) is 9.97. The molecule has 14 heavy (non-hydrogen) atoms. The van der Waals surface area contributed by atoms with E-state index in [9.17, 15) is 0 Å². The molecular formula is C10H9BrN2O. The number of halogens is 1. The monoisotopic (exact) mass is 252 g/mol. The van der Waals surface area contributed by atoms with Crippen LogP contribution in [0.1, 0.15) is 17.4 Å². The maximum absolute atomic E-state index is 5.98. The molecule has 2 N–H and O–H groups in total. The Kier molecular flexibility index (Phi) is 2.65. The van der Waals surface area contributed by atoms with E-state index in [1.165, 1.54) is 0 Å². The maximum atomic E-state index is 5.98. The van der Waals surface area contributed by atoms with Crippen molar-refractivity contribution < 1.29 is 4.42 Å². The van der Waals surface area contributed by atoms with Crippen LogP contribution in [0, 0.1) is 0 Å². The van der Waals surface area contributed by atoms with E-state index in [0.29, 0.717) is 4.67 Å². The van der Waals surface area contributed by atoms with E-state index < -0.39 is 0 Å². The summed E-state index contributed by atoms with van der Waals surface area (Å²) in [5.41, 5.74) is 6.91. The summed E-state index contributed by atoms with van der Waals surface area (Å²) in [5, 5.41) is 0. The molecule has 0 aliphatic rings. The van der Waals surface area contributed by atoms with E-state index >= 15 is 0 Å². The van der Waals surface area contributed by atoms with Crippen LogP contribution in [-0.2, 0) is 0 Å².